The van der Waals surface area contributed by atoms with Gasteiger partial charge in [0.25, 0.3) is 0 Å². The second kappa shape index (κ2) is 2.70. The summed E-state index contributed by atoms with van der Waals surface area (Å²) < 4.78 is 10.4. The largest absolute Gasteiger partial charge is 0.326 e. The highest BCUT2D eigenvalue weighted by Crippen LogP contribution is 2.38. The van der Waals surface area contributed by atoms with E-state index in [1.165, 1.54) is 0 Å². The van der Waals surface area contributed by atoms with Crippen LogP contribution in [-0.4, -0.2) is 15.9 Å². The Bertz CT molecular complexity index is 201. The van der Waals surface area contributed by atoms with Crippen LogP contribution in [-0.2, 0) is 4.57 Å². The summed E-state index contributed by atoms with van der Waals surface area (Å²) in [5.41, 5.74) is 0. The molecular weight excluding hydrogens is 151 g/mol. The van der Waals surface area contributed by atoms with E-state index in [0.29, 0.717) is 0 Å². The Kier molecular flexibility index (Phi) is 2.09. The van der Waals surface area contributed by atoms with Crippen LogP contribution in [0.15, 0.2) is 24.3 Å². The Hall–Kier alpha value is -0.370. The minimum absolute atomic E-state index is 0.0687. The predicted molar refractivity (Wildman–Crippen MR) is 38.7 cm³/mol. The van der Waals surface area contributed by atoms with Gasteiger partial charge in [-0.25, -0.2) is 0 Å². The molecule has 0 saturated carbocycles. The van der Waals surface area contributed by atoms with Gasteiger partial charge in [-0.3, -0.25) is 4.57 Å². The summed E-state index contributed by atoms with van der Waals surface area (Å²) in [6.07, 6.45) is 7.07. The second-order valence-corrected chi connectivity index (χ2v) is 3.98. The molecule has 3 nitrogen and oxygen atoms in total. The quantitative estimate of drug-likeness (QED) is 0.590. The lowest BCUT2D eigenvalue weighted by Gasteiger charge is -2.05. The average Bonchev–Trinajstić information content (AvgIpc) is 2.12. The van der Waals surface area contributed by atoms with Gasteiger partial charge in [0.15, 0.2) is 0 Å². The molecule has 0 aromatic carbocycles. The molecule has 10 heavy (non-hydrogen) atoms. The molecule has 0 spiro atoms. The minimum atomic E-state index is -3.82. The zero-order chi connectivity index (χ0) is 7.61. The van der Waals surface area contributed by atoms with Crippen LogP contribution in [0.3, 0.4) is 0 Å². The fourth-order valence-electron chi connectivity index (χ4n) is 0.874. The van der Waals surface area contributed by atoms with Gasteiger partial charge in [0.05, 0.1) is 6.16 Å². The van der Waals surface area contributed by atoms with Crippen molar-refractivity contribution < 1.29 is 14.4 Å². The second-order valence-electron chi connectivity index (χ2n) is 2.28. The van der Waals surface area contributed by atoms with E-state index >= 15 is 0 Å². The fourth-order valence-corrected chi connectivity index (χ4v) is 1.67. The summed E-state index contributed by atoms with van der Waals surface area (Å²) in [5, 5.41) is 0. The lowest BCUT2D eigenvalue weighted by atomic mass is 10.2. The van der Waals surface area contributed by atoms with Crippen LogP contribution in [0.5, 0.6) is 0 Å². The molecule has 56 valence electrons. The van der Waals surface area contributed by atoms with Crippen molar-refractivity contribution >= 4 is 7.60 Å². The van der Waals surface area contributed by atoms with Crippen molar-refractivity contribution in [2.24, 2.45) is 5.92 Å². The Labute approximate surface area is 59.2 Å². The molecule has 0 fully saturated rings. The van der Waals surface area contributed by atoms with Crippen LogP contribution < -0.4 is 0 Å². The van der Waals surface area contributed by atoms with Crippen molar-refractivity contribution in [3.05, 3.63) is 24.3 Å². The third-order valence-corrected chi connectivity index (χ3v) is 2.17. The molecule has 0 saturated heterocycles. The number of hydrogen-bond donors (Lipinski definition) is 2. The van der Waals surface area contributed by atoms with Gasteiger partial charge >= 0.3 is 7.60 Å². The summed E-state index contributed by atoms with van der Waals surface area (Å²) in [5.74, 6) is -0.0687. The molecule has 0 heterocycles. The van der Waals surface area contributed by atoms with Crippen molar-refractivity contribution in [2.45, 2.75) is 0 Å². The Morgan fingerprint density at radius 1 is 1.30 bits per heavy atom. The number of hydrogen-bond acceptors (Lipinski definition) is 1. The van der Waals surface area contributed by atoms with Gasteiger partial charge in [0.2, 0.25) is 0 Å². The van der Waals surface area contributed by atoms with E-state index in [2.05, 4.69) is 0 Å². The van der Waals surface area contributed by atoms with Crippen LogP contribution in [0.1, 0.15) is 0 Å². The average molecular weight is 160 g/mol. The summed E-state index contributed by atoms with van der Waals surface area (Å²) in [7, 11) is -3.82. The number of rotatable bonds is 2. The molecular formula is C6H9O3P. The first-order valence-electron chi connectivity index (χ1n) is 2.97. The van der Waals surface area contributed by atoms with Crippen LogP contribution in [0, 0.1) is 5.92 Å². The predicted octanol–water partition coefficient (Wildman–Crippen LogP) is 0.906. The van der Waals surface area contributed by atoms with Crippen molar-refractivity contribution in [3.8, 4) is 0 Å². The standard InChI is InChI=1S/C6H9O3P/c7-10(8,9)5-6-3-1-2-4-6/h1-4,6H,5H2,(H2,7,8,9). The number of allylic oxidation sites excluding steroid dienone is 4. The maximum Gasteiger partial charge on any atom is 0.326 e. The Morgan fingerprint density at radius 2 is 1.80 bits per heavy atom. The molecule has 0 aromatic heterocycles. The first kappa shape index (κ1) is 7.73. The van der Waals surface area contributed by atoms with Crippen molar-refractivity contribution in [3.63, 3.8) is 0 Å². The van der Waals surface area contributed by atoms with E-state index in [1.54, 1.807) is 24.3 Å². The van der Waals surface area contributed by atoms with Gasteiger partial charge in [-0.05, 0) is 0 Å². The Balaban J connectivity index is 2.47. The molecule has 0 atom stereocenters. The third-order valence-electron chi connectivity index (χ3n) is 1.28. The first-order valence-corrected chi connectivity index (χ1v) is 4.77. The van der Waals surface area contributed by atoms with Crippen LogP contribution in [0.2, 0.25) is 0 Å². The van der Waals surface area contributed by atoms with Gasteiger partial charge in [-0.2, -0.15) is 0 Å². The molecule has 0 aromatic rings. The lowest BCUT2D eigenvalue weighted by Crippen LogP contribution is -1.97. The third kappa shape index (κ3) is 2.48. The van der Waals surface area contributed by atoms with E-state index in [0.717, 1.165) is 0 Å². The molecule has 2 N–H and O–H groups in total. The van der Waals surface area contributed by atoms with Gasteiger partial charge in [0, 0.05) is 5.92 Å². The molecule has 4 heteroatoms. The summed E-state index contributed by atoms with van der Waals surface area (Å²) in [4.78, 5) is 17.0. The van der Waals surface area contributed by atoms with E-state index in [-0.39, 0.29) is 12.1 Å². The van der Waals surface area contributed by atoms with Gasteiger partial charge in [0.1, 0.15) is 0 Å². The van der Waals surface area contributed by atoms with Crippen molar-refractivity contribution in [1.29, 1.82) is 0 Å². The topological polar surface area (TPSA) is 57.5 Å². The van der Waals surface area contributed by atoms with Crippen LogP contribution >= 0.6 is 7.60 Å². The van der Waals surface area contributed by atoms with Crippen molar-refractivity contribution in [1.82, 2.24) is 0 Å². The highest BCUT2D eigenvalue weighted by molar-refractivity contribution is 7.51. The molecule has 1 rings (SSSR count). The van der Waals surface area contributed by atoms with Gasteiger partial charge in [-0.15, -0.1) is 0 Å². The molecule has 0 bridgehead atoms. The normalized spacial score (nSPS) is 18.6. The van der Waals surface area contributed by atoms with E-state index in [4.69, 9.17) is 9.79 Å². The molecule has 0 unspecified atom stereocenters. The fraction of sp³-hybridized carbons (Fsp3) is 0.333. The monoisotopic (exact) mass is 160 g/mol. The van der Waals surface area contributed by atoms with Crippen molar-refractivity contribution in [2.75, 3.05) is 6.16 Å². The van der Waals surface area contributed by atoms with Crippen LogP contribution in [0.25, 0.3) is 0 Å². The zero-order valence-corrected chi connectivity index (χ0v) is 6.24. The lowest BCUT2D eigenvalue weighted by molar-refractivity contribution is 0.370. The highest BCUT2D eigenvalue weighted by atomic mass is 31.2. The SMILES string of the molecule is O=P(O)(O)CC1C=CC=C1. The maximum atomic E-state index is 10.4. The van der Waals surface area contributed by atoms with E-state index < -0.39 is 7.60 Å². The smallest absolute Gasteiger partial charge is 0.324 e. The maximum absolute atomic E-state index is 10.4. The summed E-state index contributed by atoms with van der Waals surface area (Å²) in [6.45, 7) is 0. The van der Waals surface area contributed by atoms with Gasteiger partial charge < -0.3 is 9.79 Å². The first-order chi connectivity index (χ1) is 4.58. The van der Waals surface area contributed by atoms with E-state index in [9.17, 15) is 4.57 Å². The molecule has 0 aliphatic heterocycles. The minimum Gasteiger partial charge on any atom is -0.324 e. The van der Waals surface area contributed by atoms with Gasteiger partial charge in [-0.1, -0.05) is 24.3 Å². The highest BCUT2D eigenvalue weighted by Gasteiger charge is 2.18. The zero-order valence-electron chi connectivity index (χ0n) is 5.34. The molecule has 0 amide bonds. The summed E-state index contributed by atoms with van der Waals surface area (Å²) in [6, 6.07) is 0. The van der Waals surface area contributed by atoms with Crippen LogP contribution in [0.4, 0.5) is 0 Å². The Morgan fingerprint density at radius 3 is 2.20 bits per heavy atom. The molecule has 1 aliphatic carbocycles. The molecule has 1 aliphatic rings. The summed E-state index contributed by atoms with van der Waals surface area (Å²) >= 11 is 0. The van der Waals surface area contributed by atoms with E-state index in [1.807, 2.05) is 0 Å². The molecule has 0 radical (unpaired) electrons.